The maximum absolute atomic E-state index is 3.47. The average Bonchev–Trinajstić information content (AvgIpc) is 2.38. The van der Waals surface area contributed by atoms with Crippen LogP contribution in [0.25, 0.3) is 0 Å². The highest BCUT2D eigenvalue weighted by molar-refractivity contribution is 9.09. The van der Waals surface area contributed by atoms with Crippen LogP contribution in [-0.4, -0.2) is 5.33 Å². The minimum Gasteiger partial charge on any atom is -0.0928 e. The van der Waals surface area contributed by atoms with E-state index in [1.54, 1.807) is 0 Å². The van der Waals surface area contributed by atoms with Crippen LogP contribution in [0.15, 0.2) is 24.3 Å². The van der Waals surface area contributed by atoms with Gasteiger partial charge in [0.05, 0.1) is 0 Å². The van der Waals surface area contributed by atoms with Gasteiger partial charge in [0, 0.05) is 5.33 Å². The number of benzene rings is 1. The largest absolute Gasteiger partial charge is 0.0928 e. The molecule has 0 aliphatic carbocycles. The first kappa shape index (κ1) is 14.8. The molecule has 0 aliphatic heterocycles. The lowest BCUT2D eigenvalue weighted by molar-refractivity contribution is 0.610. The van der Waals surface area contributed by atoms with Crippen molar-refractivity contribution < 1.29 is 0 Å². The number of halogens is 1. The summed E-state index contributed by atoms with van der Waals surface area (Å²) >= 11 is 3.47. The molecule has 96 valence electrons. The van der Waals surface area contributed by atoms with Gasteiger partial charge < -0.3 is 0 Å². The number of hydrogen-bond acceptors (Lipinski definition) is 0. The van der Waals surface area contributed by atoms with Crippen molar-refractivity contribution in [3.63, 3.8) is 0 Å². The highest BCUT2D eigenvalue weighted by Gasteiger charge is 1.95. The highest BCUT2D eigenvalue weighted by atomic mass is 79.9. The average molecular weight is 297 g/mol. The number of alkyl halides is 1. The maximum atomic E-state index is 3.47. The zero-order valence-electron chi connectivity index (χ0n) is 11.1. The molecular weight excluding hydrogens is 272 g/mol. The topological polar surface area (TPSA) is 0 Å². The molecule has 0 N–H and O–H groups in total. The predicted molar refractivity (Wildman–Crippen MR) is 81.0 cm³/mol. The zero-order valence-corrected chi connectivity index (χ0v) is 12.6. The van der Waals surface area contributed by atoms with Crippen LogP contribution in [0.3, 0.4) is 0 Å². The fourth-order valence-electron chi connectivity index (χ4n) is 2.07. The summed E-state index contributed by atoms with van der Waals surface area (Å²) in [6.07, 6.45) is 10.7. The van der Waals surface area contributed by atoms with Crippen molar-refractivity contribution >= 4 is 15.9 Å². The van der Waals surface area contributed by atoms with Gasteiger partial charge in [0.2, 0.25) is 0 Å². The first-order chi connectivity index (χ1) is 8.36. The Morgan fingerprint density at radius 3 is 1.88 bits per heavy atom. The molecule has 0 fully saturated rings. The lowest BCUT2D eigenvalue weighted by Gasteiger charge is -2.03. The monoisotopic (exact) mass is 296 g/mol. The summed E-state index contributed by atoms with van der Waals surface area (Å²) in [7, 11) is 0. The molecule has 1 aromatic carbocycles. The predicted octanol–water partition coefficient (Wildman–Crippen LogP) is 5.53. The van der Waals surface area contributed by atoms with E-state index in [9.17, 15) is 0 Å². The van der Waals surface area contributed by atoms with E-state index in [0.717, 1.165) is 11.8 Å². The first-order valence-corrected chi connectivity index (χ1v) is 8.12. The molecule has 1 aromatic rings. The van der Waals surface area contributed by atoms with Crippen LogP contribution in [0.1, 0.15) is 56.6 Å². The smallest absolute Gasteiger partial charge is 0.00313 e. The van der Waals surface area contributed by atoms with E-state index in [2.05, 4.69) is 47.1 Å². The Morgan fingerprint density at radius 2 is 1.29 bits per heavy atom. The van der Waals surface area contributed by atoms with Crippen LogP contribution in [0.5, 0.6) is 0 Å². The van der Waals surface area contributed by atoms with Gasteiger partial charge in [0.1, 0.15) is 0 Å². The van der Waals surface area contributed by atoms with Crippen molar-refractivity contribution in [3.05, 3.63) is 35.4 Å². The van der Waals surface area contributed by atoms with Crippen LogP contribution in [-0.2, 0) is 12.8 Å². The van der Waals surface area contributed by atoms with Crippen molar-refractivity contribution in [2.45, 2.75) is 58.3 Å². The summed E-state index contributed by atoms with van der Waals surface area (Å²) in [4.78, 5) is 0. The second kappa shape index (κ2) is 9.70. The lowest BCUT2D eigenvalue weighted by atomic mass is 10.0. The van der Waals surface area contributed by atoms with E-state index in [-0.39, 0.29) is 0 Å². The van der Waals surface area contributed by atoms with Gasteiger partial charge in [-0.1, -0.05) is 72.8 Å². The Morgan fingerprint density at radius 1 is 0.765 bits per heavy atom. The summed E-state index contributed by atoms with van der Waals surface area (Å²) in [5.74, 6) is 0. The van der Waals surface area contributed by atoms with Gasteiger partial charge in [-0.2, -0.15) is 0 Å². The third-order valence-corrected chi connectivity index (χ3v) is 3.84. The van der Waals surface area contributed by atoms with E-state index in [1.165, 1.54) is 56.1 Å². The van der Waals surface area contributed by atoms with Gasteiger partial charge >= 0.3 is 0 Å². The standard InChI is InChI=1S/C16H25Br/c1-2-15-10-12-16(13-11-15)9-7-5-3-4-6-8-14-17/h10-13H,2-9,14H2,1H3. The molecule has 17 heavy (non-hydrogen) atoms. The third kappa shape index (κ3) is 6.88. The van der Waals surface area contributed by atoms with Crippen LogP contribution >= 0.6 is 15.9 Å². The van der Waals surface area contributed by atoms with Gasteiger partial charge in [0.15, 0.2) is 0 Å². The van der Waals surface area contributed by atoms with Gasteiger partial charge in [-0.05, 0) is 36.8 Å². The molecule has 1 heteroatoms. The molecule has 0 nitrogen and oxygen atoms in total. The first-order valence-electron chi connectivity index (χ1n) is 7.00. The minimum atomic E-state index is 1.15. The van der Waals surface area contributed by atoms with Gasteiger partial charge in [-0.15, -0.1) is 0 Å². The Hall–Kier alpha value is -0.300. The van der Waals surface area contributed by atoms with Crippen molar-refractivity contribution in [3.8, 4) is 0 Å². The maximum Gasteiger partial charge on any atom is 0.00313 e. The molecule has 0 unspecified atom stereocenters. The lowest BCUT2D eigenvalue weighted by Crippen LogP contribution is -1.88. The molecule has 0 bridgehead atoms. The Balaban J connectivity index is 2.05. The third-order valence-electron chi connectivity index (χ3n) is 3.28. The Bertz CT molecular complexity index is 276. The van der Waals surface area contributed by atoms with Crippen molar-refractivity contribution in [2.75, 3.05) is 5.33 Å². The number of aryl methyl sites for hydroxylation is 2. The number of unbranched alkanes of at least 4 members (excludes halogenated alkanes) is 5. The molecule has 1 rings (SSSR count). The molecule has 0 amide bonds. The summed E-state index contributed by atoms with van der Waals surface area (Å²) in [6, 6.07) is 9.13. The van der Waals surface area contributed by atoms with Gasteiger partial charge in [-0.3, -0.25) is 0 Å². The molecule has 0 spiro atoms. The van der Waals surface area contributed by atoms with Gasteiger partial charge in [-0.25, -0.2) is 0 Å². The minimum absolute atomic E-state index is 1.15. The molecule has 0 aliphatic rings. The molecule has 0 heterocycles. The van der Waals surface area contributed by atoms with E-state index in [0.29, 0.717) is 0 Å². The van der Waals surface area contributed by atoms with Crippen molar-refractivity contribution in [1.82, 2.24) is 0 Å². The van der Waals surface area contributed by atoms with Crippen LogP contribution in [0.2, 0.25) is 0 Å². The Kier molecular flexibility index (Phi) is 8.42. The summed E-state index contributed by atoms with van der Waals surface area (Å²) < 4.78 is 0. The quantitative estimate of drug-likeness (QED) is 0.415. The number of hydrogen-bond donors (Lipinski definition) is 0. The fraction of sp³-hybridized carbons (Fsp3) is 0.625. The van der Waals surface area contributed by atoms with Gasteiger partial charge in [0.25, 0.3) is 0 Å². The second-order valence-corrected chi connectivity index (χ2v) is 5.52. The normalized spacial score (nSPS) is 10.7. The molecule has 0 saturated carbocycles. The van der Waals surface area contributed by atoms with E-state index < -0.39 is 0 Å². The molecule has 0 atom stereocenters. The van der Waals surface area contributed by atoms with Crippen LogP contribution in [0.4, 0.5) is 0 Å². The molecule has 0 saturated heterocycles. The van der Waals surface area contributed by atoms with E-state index in [1.807, 2.05) is 0 Å². The zero-order chi connectivity index (χ0) is 12.3. The summed E-state index contributed by atoms with van der Waals surface area (Å²) in [5, 5.41) is 1.16. The summed E-state index contributed by atoms with van der Waals surface area (Å²) in [6.45, 7) is 2.21. The highest BCUT2D eigenvalue weighted by Crippen LogP contribution is 2.11. The van der Waals surface area contributed by atoms with Crippen LogP contribution < -0.4 is 0 Å². The Labute approximate surface area is 115 Å². The van der Waals surface area contributed by atoms with Crippen molar-refractivity contribution in [1.29, 1.82) is 0 Å². The van der Waals surface area contributed by atoms with E-state index in [4.69, 9.17) is 0 Å². The SMILES string of the molecule is CCc1ccc(CCCCCCCCBr)cc1. The molecular formula is C16H25Br. The fourth-order valence-corrected chi connectivity index (χ4v) is 2.47. The van der Waals surface area contributed by atoms with Crippen LogP contribution in [0, 0.1) is 0 Å². The van der Waals surface area contributed by atoms with E-state index >= 15 is 0 Å². The summed E-state index contributed by atoms with van der Waals surface area (Å²) in [5.41, 5.74) is 2.95. The molecule has 0 aromatic heterocycles. The molecule has 0 radical (unpaired) electrons. The number of rotatable bonds is 9. The van der Waals surface area contributed by atoms with Crippen molar-refractivity contribution in [2.24, 2.45) is 0 Å². The second-order valence-electron chi connectivity index (χ2n) is 4.73.